The summed E-state index contributed by atoms with van der Waals surface area (Å²) in [5.41, 5.74) is 3.39. The van der Waals surface area contributed by atoms with Crippen LogP contribution in [-0.4, -0.2) is 10.7 Å². The summed E-state index contributed by atoms with van der Waals surface area (Å²) >= 11 is 0. The molecule has 0 bridgehead atoms. The highest BCUT2D eigenvalue weighted by atomic mass is 19.4. The molecule has 1 aliphatic rings. The Labute approximate surface area is 143 Å². The summed E-state index contributed by atoms with van der Waals surface area (Å²) in [6.45, 7) is 4.77. The van der Waals surface area contributed by atoms with Crippen molar-refractivity contribution in [3.8, 4) is 0 Å². The zero-order chi connectivity index (χ0) is 17.8. The van der Waals surface area contributed by atoms with E-state index in [1.54, 1.807) is 0 Å². The fourth-order valence-corrected chi connectivity index (χ4v) is 3.71. The van der Waals surface area contributed by atoms with Gasteiger partial charge >= 0.3 is 6.18 Å². The molecule has 1 aromatic heterocycles. The van der Waals surface area contributed by atoms with Gasteiger partial charge in [-0.3, -0.25) is 0 Å². The molecule has 0 unspecified atom stereocenters. The van der Waals surface area contributed by atoms with Crippen LogP contribution in [0.3, 0.4) is 0 Å². The van der Waals surface area contributed by atoms with Gasteiger partial charge in [0.05, 0.1) is 17.4 Å². The first kappa shape index (κ1) is 16.2. The predicted molar refractivity (Wildman–Crippen MR) is 90.5 cm³/mol. The van der Waals surface area contributed by atoms with E-state index in [0.717, 1.165) is 46.4 Å². The number of benzene rings is 2. The maximum Gasteiger partial charge on any atom is 0.416 e. The van der Waals surface area contributed by atoms with Crippen molar-refractivity contribution in [2.75, 3.05) is 0 Å². The van der Waals surface area contributed by atoms with Gasteiger partial charge in [0, 0.05) is 17.4 Å². The predicted octanol–water partition coefficient (Wildman–Crippen LogP) is 5.48. The Morgan fingerprint density at radius 2 is 1.72 bits per heavy atom. The smallest absolute Gasteiger partial charge is 0.362 e. The van der Waals surface area contributed by atoms with Gasteiger partial charge < -0.3 is 9.30 Å². The second kappa shape index (κ2) is 5.63. The van der Waals surface area contributed by atoms with Crippen LogP contribution in [0.4, 0.5) is 13.2 Å². The number of ether oxygens (including phenoxy) is 1. The highest BCUT2D eigenvalue weighted by molar-refractivity contribution is 5.85. The Hall–Kier alpha value is -2.27. The van der Waals surface area contributed by atoms with Crippen LogP contribution in [-0.2, 0) is 17.5 Å². The number of aromatic nitrogens is 1. The number of hydrogen-bond acceptors (Lipinski definition) is 1. The molecule has 0 spiro atoms. The Kier molecular flexibility index (Phi) is 3.65. The molecule has 0 amide bonds. The first-order valence-electron chi connectivity index (χ1n) is 8.26. The van der Waals surface area contributed by atoms with Gasteiger partial charge in [-0.2, -0.15) is 13.2 Å². The molecule has 2 aromatic carbocycles. The molecule has 0 aliphatic carbocycles. The first-order valence-corrected chi connectivity index (χ1v) is 8.26. The normalized spacial score (nSPS) is 20.7. The highest BCUT2D eigenvalue weighted by Crippen LogP contribution is 2.40. The second-order valence-electron chi connectivity index (χ2n) is 6.58. The monoisotopic (exact) mass is 345 g/mol. The maximum atomic E-state index is 12.8. The fraction of sp³-hybridized carbons (Fsp3) is 0.300. The van der Waals surface area contributed by atoms with E-state index in [0.29, 0.717) is 0 Å². The van der Waals surface area contributed by atoms with E-state index in [-0.39, 0.29) is 12.2 Å². The van der Waals surface area contributed by atoms with Crippen LogP contribution in [0.5, 0.6) is 0 Å². The van der Waals surface area contributed by atoms with Gasteiger partial charge in [0.25, 0.3) is 0 Å². The molecular formula is C20H18F3NO. The minimum absolute atomic E-state index is 0.0185. The molecule has 0 saturated heterocycles. The van der Waals surface area contributed by atoms with Crippen molar-refractivity contribution in [2.24, 2.45) is 0 Å². The number of alkyl halides is 3. The van der Waals surface area contributed by atoms with Crippen LogP contribution < -0.4 is 0 Å². The largest absolute Gasteiger partial charge is 0.416 e. The van der Waals surface area contributed by atoms with Crippen molar-refractivity contribution in [3.05, 3.63) is 70.9 Å². The van der Waals surface area contributed by atoms with Gasteiger partial charge in [-0.05, 0) is 43.2 Å². The molecular weight excluding hydrogens is 327 g/mol. The zero-order valence-corrected chi connectivity index (χ0v) is 14.0. The van der Waals surface area contributed by atoms with E-state index < -0.39 is 11.7 Å². The van der Waals surface area contributed by atoms with E-state index in [1.165, 1.54) is 12.1 Å². The molecule has 0 N–H and O–H groups in total. The number of fused-ring (bicyclic) bond motifs is 3. The van der Waals surface area contributed by atoms with Crippen LogP contribution >= 0.6 is 0 Å². The summed E-state index contributed by atoms with van der Waals surface area (Å²) in [7, 11) is 0. The zero-order valence-electron chi connectivity index (χ0n) is 14.0. The van der Waals surface area contributed by atoms with Crippen molar-refractivity contribution in [3.63, 3.8) is 0 Å². The Bertz CT molecular complexity index is 925. The highest BCUT2D eigenvalue weighted by Gasteiger charge is 2.33. The van der Waals surface area contributed by atoms with Crippen LogP contribution in [0.2, 0.25) is 0 Å². The third-order valence-electron chi connectivity index (χ3n) is 4.87. The molecule has 5 heteroatoms. The van der Waals surface area contributed by atoms with Gasteiger partial charge in [0.15, 0.2) is 0 Å². The summed E-state index contributed by atoms with van der Waals surface area (Å²) in [5.74, 6) is 0. The molecule has 130 valence electrons. The van der Waals surface area contributed by atoms with E-state index in [9.17, 15) is 13.2 Å². The molecule has 0 fully saturated rings. The van der Waals surface area contributed by atoms with Crippen LogP contribution in [0.25, 0.3) is 10.9 Å². The number of aryl methyl sites for hydroxylation is 1. The Morgan fingerprint density at radius 3 is 2.40 bits per heavy atom. The lowest BCUT2D eigenvalue weighted by Crippen LogP contribution is -2.29. The molecule has 3 aromatic rings. The van der Waals surface area contributed by atoms with Crippen LogP contribution in [0.1, 0.15) is 35.4 Å². The van der Waals surface area contributed by atoms with Crippen molar-refractivity contribution in [1.29, 1.82) is 0 Å². The molecule has 4 rings (SSSR count). The Balaban J connectivity index is 1.85. The molecule has 0 saturated carbocycles. The van der Waals surface area contributed by atoms with Crippen molar-refractivity contribution in [1.82, 2.24) is 4.57 Å². The molecule has 2 heterocycles. The number of halogens is 3. The summed E-state index contributed by atoms with van der Waals surface area (Å²) in [6, 6.07) is 13.4. The average Bonchev–Trinajstić information content (AvgIpc) is 2.87. The summed E-state index contributed by atoms with van der Waals surface area (Å²) in [5, 5.41) is 1.16. The summed E-state index contributed by atoms with van der Waals surface area (Å²) in [4.78, 5) is 0. The molecule has 2 atom stereocenters. The lowest BCUT2D eigenvalue weighted by atomic mass is 10.00. The van der Waals surface area contributed by atoms with Gasteiger partial charge in [0.2, 0.25) is 0 Å². The molecule has 2 nitrogen and oxygen atoms in total. The van der Waals surface area contributed by atoms with Crippen LogP contribution in [0.15, 0.2) is 48.5 Å². The van der Waals surface area contributed by atoms with E-state index in [2.05, 4.69) is 16.7 Å². The molecule has 1 aliphatic heterocycles. The quantitative estimate of drug-likeness (QED) is 0.570. The van der Waals surface area contributed by atoms with Gasteiger partial charge in [-0.1, -0.05) is 30.3 Å². The third kappa shape index (κ3) is 2.63. The SMILES string of the molecule is Cc1c2n(c3ccccc13)C[C@H](C)O[C@@H]2c1ccc(C(F)(F)F)cc1. The molecule has 0 radical (unpaired) electrons. The number of para-hydroxylation sites is 1. The minimum atomic E-state index is -4.33. The van der Waals surface area contributed by atoms with Gasteiger partial charge in [0.1, 0.15) is 6.10 Å². The van der Waals surface area contributed by atoms with Crippen molar-refractivity contribution >= 4 is 10.9 Å². The lowest BCUT2D eigenvalue weighted by molar-refractivity contribution is -0.137. The first-order chi connectivity index (χ1) is 11.9. The van der Waals surface area contributed by atoms with Crippen molar-refractivity contribution in [2.45, 2.75) is 38.8 Å². The number of hydrogen-bond donors (Lipinski definition) is 0. The van der Waals surface area contributed by atoms with Gasteiger partial charge in [-0.25, -0.2) is 0 Å². The van der Waals surface area contributed by atoms with E-state index in [1.807, 2.05) is 26.0 Å². The van der Waals surface area contributed by atoms with E-state index >= 15 is 0 Å². The number of nitrogens with zero attached hydrogens (tertiary/aromatic N) is 1. The Morgan fingerprint density at radius 1 is 1.04 bits per heavy atom. The number of rotatable bonds is 1. The third-order valence-corrected chi connectivity index (χ3v) is 4.87. The lowest BCUT2D eigenvalue weighted by Gasteiger charge is -2.31. The summed E-state index contributed by atoms with van der Waals surface area (Å²) < 4.78 is 46.9. The topological polar surface area (TPSA) is 14.2 Å². The standard InChI is InChI=1S/C20H18F3NO/c1-12-11-24-17-6-4-3-5-16(17)13(2)18(24)19(25-12)14-7-9-15(10-8-14)20(21,22)23/h3-10,12,19H,11H2,1-2H3/t12-,19+/m0/s1. The van der Waals surface area contributed by atoms with E-state index in [4.69, 9.17) is 4.74 Å². The average molecular weight is 345 g/mol. The summed E-state index contributed by atoms with van der Waals surface area (Å²) in [6.07, 6.45) is -4.71. The fourth-order valence-electron chi connectivity index (χ4n) is 3.71. The second-order valence-corrected chi connectivity index (χ2v) is 6.58. The van der Waals surface area contributed by atoms with Crippen molar-refractivity contribution < 1.29 is 17.9 Å². The molecule has 25 heavy (non-hydrogen) atoms. The van der Waals surface area contributed by atoms with Crippen LogP contribution in [0, 0.1) is 6.92 Å². The minimum Gasteiger partial charge on any atom is -0.362 e. The maximum absolute atomic E-state index is 12.8. The van der Waals surface area contributed by atoms with Gasteiger partial charge in [-0.15, -0.1) is 0 Å².